The number of nitrogens with zero attached hydrogens (tertiary/aromatic N) is 1. The summed E-state index contributed by atoms with van der Waals surface area (Å²) in [4.78, 5) is 20.9. The summed E-state index contributed by atoms with van der Waals surface area (Å²) < 4.78 is 0. The molecule has 0 atom stereocenters. The van der Waals surface area contributed by atoms with Crippen molar-refractivity contribution in [1.29, 1.82) is 0 Å². The van der Waals surface area contributed by atoms with Crippen LogP contribution in [0.2, 0.25) is 0 Å². The summed E-state index contributed by atoms with van der Waals surface area (Å²) in [7, 11) is 0. The second-order valence-electron chi connectivity index (χ2n) is 5.61. The molecule has 0 aliphatic carbocycles. The molecule has 0 aromatic rings. The molecule has 0 N–H and O–H groups in total. The smallest absolute Gasteiger partial charge is 0.246 e. The largest absolute Gasteiger partial charge is 0.303 e. The topological polar surface area (TPSA) is 60.2 Å². The Hall–Kier alpha value is -2.49. The Balaban J connectivity index is 4.05. The molecule has 0 radical (unpaired) electrons. The Bertz CT molecular complexity index is 552. The lowest BCUT2D eigenvalue weighted by Gasteiger charge is -1.93. The van der Waals surface area contributed by atoms with Crippen LogP contribution in [0.5, 0.6) is 0 Å². The summed E-state index contributed by atoms with van der Waals surface area (Å²) >= 11 is 0. The summed E-state index contributed by atoms with van der Waals surface area (Å²) in [6.45, 7) is 2.08. The van der Waals surface area contributed by atoms with E-state index >= 15 is 0 Å². The molecule has 4 heteroatoms. The first-order chi connectivity index (χ1) is 12.7. The lowest BCUT2D eigenvalue weighted by atomic mass is 10.2. The number of carbonyl (C=O) groups is 1. The molecule has 0 saturated carbocycles. The number of allylic oxidation sites excluding steroid dienone is 11. The Kier molecular flexibility index (Phi) is 17.0. The number of unbranched alkanes of at least 4 members (excludes halogenated alkanes) is 1. The zero-order valence-electron chi connectivity index (χ0n) is 15.8. The normalized spacial score (nSPS) is 13.2. The maximum Gasteiger partial charge on any atom is 0.246 e. The Morgan fingerprint density at radius 1 is 0.769 bits per heavy atom. The van der Waals surface area contributed by atoms with Crippen molar-refractivity contribution in [2.75, 3.05) is 0 Å². The van der Waals surface area contributed by atoms with Crippen LogP contribution >= 0.6 is 0 Å². The molecular formula is C22H31NO3. The van der Waals surface area contributed by atoms with E-state index in [0.29, 0.717) is 19.3 Å². The van der Waals surface area contributed by atoms with Gasteiger partial charge in [-0.3, -0.25) is 10.1 Å². The molecule has 0 aliphatic rings. The molecule has 0 aliphatic heterocycles. The molecule has 0 fully saturated rings. The maximum atomic E-state index is 11.0. The van der Waals surface area contributed by atoms with Crippen molar-refractivity contribution in [3.05, 3.63) is 82.6 Å². The first-order valence-electron chi connectivity index (χ1n) is 9.24. The number of nitro groups is 1. The third-order valence-corrected chi connectivity index (χ3v) is 3.39. The number of hydrogen-bond acceptors (Lipinski definition) is 3. The summed E-state index contributed by atoms with van der Waals surface area (Å²) in [5, 5.41) is 11.0. The van der Waals surface area contributed by atoms with Gasteiger partial charge in [-0.15, -0.1) is 0 Å². The monoisotopic (exact) mass is 357 g/mol. The van der Waals surface area contributed by atoms with E-state index < -0.39 is 0 Å². The van der Waals surface area contributed by atoms with Crippen LogP contribution in [0.15, 0.2) is 72.5 Å². The number of aldehydes is 1. The quantitative estimate of drug-likeness (QED) is 0.114. The zero-order valence-corrected chi connectivity index (χ0v) is 15.8. The zero-order chi connectivity index (χ0) is 19.3. The second-order valence-corrected chi connectivity index (χ2v) is 5.61. The minimum Gasteiger partial charge on any atom is -0.303 e. The van der Waals surface area contributed by atoms with Crippen LogP contribution in [0.1, 0.15) is 58.3 Å². The first kappa shape index (κ1) is 23.5. The van der Waals surface area contributed by atoms with E-state index in [2.05, 4.69) is 31.2 Å². The van der Waals surface area contributed by atoms with Gasteiger partial charge in [0.1, 0.15) is 6.29 Å². The van der Waals surface area contributed by atoms with Gasteiger partial charge < -0.3 is 4.79 Å². The van der Waals surface area contributed by atoms with E-state index in [4.69, 9.17) is 0 Å². The van der Waals surface area contributed by atoms with Crippen molar-refractivity contribution in [3.8, 4) is 0 Å². The van der Waals surface area contributed by atoms with E-state index in [9.17, 15) is 14.9 Å². The summed E-state index contributed by atoms with van der Waals surface area (Å²) in [5.74, 6) is 0. The second kappa shape index (κ2) is 18.8. The highest BCUT2D eigenvalue weighted by molar-refractivity contribution is 5.49. The van der Waals surface area contributed by atoms with Crippen molar-refractivity contribution in [3.63, 3.8) is 0 Å². The van der Waals surface area contributed by atoms with Crippen molar-refractivity contribution < 1.29 is 9.72 Å². The molecule has 0 bridgehead atoms. The fourth-order valence-electron chi connectivity index (χ4n) is 2.00. The van der Waals surface area contributed by atoms with E-state index in [1.165, 1.54) is 0 Å². The van der Waals surface area contributed by atoms with Gasteiger partial charge in [0.2, 0.25) is 5.70 Å². The summed E-state index contributed by atoms with van der Waals surface area (Å²) in [5.41, 5.74) is 0.237. The molecule has 0 aromatic carbocycles. The van der Waals surface area contributed by atoms with Crippen LogP contribution in [0.25, 0.3) is 0 Å². The lowest BCUT2D eigenvalue weighted by molar-refractivity contribution is -0.427. The third kappa shape index (κ3) is 16.4. The Morgan fingerprint density at radius 3 is 1.88 bits per heavy atom. The Morgan fingerprint density at radius 2 is 1.31 bits per heavy atom. The van der Waals surface area contributed by atoms with Gasteiger partial charge in [-0.2, -0.15) is 0 Å². The highest BCUT2D eigenvalue weighted by atomic mass is 16.6. The molecule has 4 nitrogen and oxygen atoms in total. The van der Waals surface area contributed by atoms with E-state index in [1.807, 2.05) is 36.5 Å². The highest BCUT2D eigenvalue weighted by Gasteiger charge is 2.06. The van der Waals surface area contributed by atoms with E-state index in [0.717, 1.165) is 38.4 Å². The van der Waals surface area contributed by atoms with Crippen molar-refractivity contribution in [2.45, 2.75) is 58.3 Å². The van der Waals surface area contributed by atoms with Gasteiger partial charge >= 0.3 is 0 Å². The van der Waals surface area contributed by atoms with Gasteiger partial charge in [0.25, 0.3) is 0 Å². The molecule has 0 rings (SSSR count). The molecule has 0 saturated heterocycles. The maximum absolute atomic E-state index is 11.0. The van der Waals surface area contributed by atoms with Crippen LogP contribution in [0.3, 0.4) is 0 Å². The number of hydrogen-bond donors (Lipinski definition) is 0. The number of rotatable bonds is 15. The molecule has 0 aromatic heterocycles. The first-order valence-corrected chi connectivity index (χ1v) is 9.24. The molecular weight excluding hydrogens is 326 g/mol. The molecule has 0 heterocycles. The van der Waals surface area contributed by atoms with Gasteiger partial charge in [0.05, 0.1) is 11.3 Å². The Labute approximate surface area is 157 Å². The van der Waals surface area contributed by atoms with Gasteiger partial charge in [0.15, 0.2) is 0 Å². The van der Waals surface area contributed by atoms with Crippen molar-refractivity contribution in [1.82, 2.24) is 0 Å². The van der Waals surface area contributed by atoms with Gasteiger partial charge in [-0.05, 0) is 44.6 Å². The standard InChI is InChI=1S/C22H31NO3/c1-2-3-4-5-13-16-19-22(23(25)26)20-17-14-11-9-7-6-8-10-12-15-18-21-24/h3-4,6-7,10-14,16,20-21H,2,5,8-9,15,17-19H2,1H3/b4-3+,7-6+,12-10+,14-11+,16-13+,22-20-. The lowest BCUT2D eigenvalue weighted by Crippen LogP contribution is -1.97. The highest BCUT2D eigenvalue weighted by Crippen LogP contribution is 2.06. The minimum atomic E-state index is -0.309. The van der Waals surface area contributed by atoms with Gasteiger partial charge in [-0.1, -0.05) is 67.7 Å². The third-order valence-electron chi connectivity index (χ3n) is 3.39. The fraction of sp³-hybridized carbons (Fsp3) is 0.409. The van der Waals surface area contributed by atoms with Crippen LogP contribution in [0, 0.1) is 10.1 Å². The van der Waals surface area contributed by atoms with E-state index in [-0.39, 0.29) is 10.6 Å². The number of carbonyl (C=O) groups excluding carboxylic acids is 1. The fourth-order valence-corrected chi connectivity index (χ4v) is 2.00. The van der Waals surface area contributed by atoms with Crippen molar-refractivity contribution >= 4 is 6.29 Å². The van der Waals surface area contributed by atoms with Crippen LogP contribution in [0.4, 0.5) is 0 Å². The van der Waals surface area contributed by atoms with Gasteiger partial charge in [0, 0.05) is 6.42 Å². The molecule has 0 unspecified atom stereocenters. The van der Waals surface area contributed by atoms with Crippen molar-refractivity contribution in [2.24, 2.45) is 0 Å². The van der Waals surface area contributed by atoms with Gasteiger partial charge in [-0.25, -0.2) is 0 Å². The molecule has 0 spiro atoms. The average molecular weight is 357 g/mol. The molecule has 142 valence electrons. The predicted molar refractivity (Wildman–Crippen MR) is 109 cm³/mol. The van der Waals surface area contributed by atoms with Crippen LogP contribution in [-0.2, 0) is 4.79 Å². The summed E-state index contributed by atoms with van der Waals surface area (Å²) in [6.07, 6.45) is 28.5. The predicted octanol–water partition coefficient (Wildman–Crippen LogP) is 6.27. The van der Waals surface area contributed by atoms with E-state index in [1.54, 1.807) is 6.08 Å². The summed E-state index contributed by atoms with van der Waals surface area (Å²) in [6, 6.07) is 0. The average Bonchev–Trinajstić information content (AvgIpc) is 2.63. The SMILES string of the molecule is CC/C=C/C/C=C/C/C(=C/C/C=C/C/C=C/C/C=C/CCC=O)[N+](=O)[O-]. The van der Waals surface area contributed by atoms with Crippen LogP contribution < -0.4 is 0 Å². The van der Waals surface area contributed by atoms with Crippen LogP contribution in [-0.4, -0.2) is 11.2 Å². The molecule has 26 heavy (non-hydrogen) atoms. The minimum absolute atomic E-state index is 0.237. The molecule has 0 amide bonds.